The van der Waals surface area contributed by atoms with Crippen LogP contribution >= 0.6 is 0 Å². The lowest BCUT2D eigenvalue weighted by Gasteiger charge is -2.34. The van der Waals surface area contributed by atoms with Gasteiger partial charge >= 0.3 is 6.36 Å². The zero-order valence-electron chi connectivity index (χ0n) is 20.1. The molecule has 10 nitrogen and oxygen atoms in total. The second-order valence-corrected chi connectivity index (χ2v) is 11.8. The van der Waals surface area contributed by atoms with E-state index < -0.39 is 44.5 Å². The molecule has 0 saturated carbocycles. The first-order chi connectivity index (χ1) is 17.8. The largest absolute Gasteiger partial charge is 0.573 e. The van der Waals surface area contributed by atoms with E-state index in [1.807, 2.05) is 0 Å². The maximum atomic E-state index is 13.0. The fourth-order valence-corrected chi connectivity index (χ4v) is 6.31. The number of amidine groups is 1. The van der Waals surface area contributed by atoms with E-state index in [1.54, 1.807) is 25.1 Å². The average molecular weight is 575 g/mol. The number of alkyl halides is 3. The molecule has 2 heterocycles. The zero-order valence-corrected chi connectivity index (χ0v) is 21.8. The van der Waals surface area contributed by atoms with Gasteiger partial charge in [-0.15, -0.1) is 13.2 Å². The third-order valence-corrected chi connectivity index (χ3v) is 8.77. The van der Waals surface area contributed by atoms with E-state index in [2.05, 4.69) is 19.8 Å². The molecule has 0 radical (unpaired) electrons. The summed E-state index contributed by atoms with van der Waals surface area (Å²) >= 11 is 0. The molecule has 1 spiro atoms. The van der Waals surface area contributed by atoms with Crippen LogP contribution < -0.4 is 14.8 Å². The standard InChI is InChI=1S/C23H25F3N4O6S2/c1-15-13-18(29-37(32)33)6-5-16(15)7-12-38(34,35)30-10-8-22(9-11-30)21(31)27-20(28-22)17-3-2-4-19(14-17)36-23(24,25)26/h2-6,13-14,37H,7-12H2,1H3,(H,27,28,31)(H,29,32,33). The molecule has 2 aromatic carbocycles. The molecule has 1 saturated heterocycles. The molecule has 0 unspecified atom stereocenters. The maximum Gasteiger partial charge on any atom is 0.573 e. The minimum Gasteiger partial charge on any atom is -0.406 e. The molecule has 206 valence electrons. The molecule has 1 amide bonds. The van der Waals surface area contributed by atoms with Gasteiger partial charge in [0.05, 0.1) is 5.75 Å². The highest BCUT2D eigenvalue weighted by molar-refractivity contribution is 7.89. The lowest BCUT2D eigenvalue weighted by molar-refractivity contribution is -0.274. The quantitative estimate of drug-likeness (QED) is 0.414. The monoisotopic (exact) mass is 574 g/mol. The summed E-state index contributed by atoms with van der Waals surface area (Å²) in [6.45, 7) is 1.87. The van der Waals surface area contributed by atoms with Gasteiger partial charge in [-0.3, -0.25) is 14.5 Å². The number of halogens is 3. The molecule has 2 aliphatic heterocycles. The number of thiol groups is 1. The lowest BCUT2D eigenvalue weighted by Crippen LogP contribution is -2.50. The summed E-state index contributed by atoms with van der Waals surface area (Å²) in [5.74, 6) is -0.948. The Morgan fingerprint density at radius 2 is 1.87 bits per heavy atom. The molecule has 4 rings (SSSR count). The summed E-state index contributed by atoms with van der Waals surface area (Å²) < 4.78 is 92.8. The van der Waals surface area contributed by atoms with E-state index in [0.29, 0.717) is 5.69 Å². The molecule has 2 aliphatic rings. The lowest BCUT2D eigenvalue weighted by atomic mass is 9.89. The van der Waals surface area contributed by atoms with E-state index in [9.17, 15) is 34.8 Å². The van der Waals surface area contributed by atoms with Gasteiger partial charge in [0, 0.05) is 24.3 Å². The molecule has 0 atom stereocenters. The van der Waals surface area contributed by atoms with Gasteiger partial charge in [-0.05, 0) is 61.6 Å². The highest BCUT2D eigenvalue weighted by Gasteiger charge is 2.47. The fraction of sp³-hybridized carbons (Fsp3) is 0.391. The molecule has 1 fully saturated rings. The Bertz CT molecular complexity index is 1440. The van der Waals surface area contributed by atoms with E-state index in [-0.39, 0.29) is 49.5 Å². The summed E-state index contributed by atoms with van der Waals surface area (Å²) in [4.78, 5) is 17.3. The average Bonchev–Trinajstić information content (AvgIpc) is 3.13. The number of aliphatic imine (C=N–C) groups is 1. The Balaban J connectivity index is 1.40. The van der Waals surface area contributed by atoms with E-state index in [0.717, 1.165) is 23.3 Å². The van der Waals surface area contributed by atoms with Crippen LogP contribution in [0, 0.1) is 6.92 Å². The van der Waals surface area contributed by atoms with Crippen molar-refractivity contribution in [2.24, 2.45) is 4.99 Å². The molecule has 0 aliphatic carbocycles. The third-order valence-electron chi connectivity index (χ3n) is 6.46. The van der Waals surface area contributed by atoms with Gasteiger partial charge in [-0.25, -0.2) is 21.1 Å². The minimum atomic E-state index is -4.86. The Kier molecular flexibility index (Phi) is 7.72. The number of sulfonamides is 1. The predicted octanol–water partition coefficient (Wildman–Crippen LogP) is 2.12. The van der Waals surface area contributed by atoms with E-state index in [1.165, 1.54) is 16.4 Å². The number of aryl methyl sites for hydroxylation is 2. The molecular weight excluding hydrogens is 549 g/mol. The number of hydrogen-bond donors (Lipinski definition) is 3. The summed E-state index contributed by atoms with van der Waals surface area (Å²) in [5.41, 5.74) is 0.930. The van der Waals surface area contributed by atoms with Gasteiger partial charge in [0.1, 0.15) is 17.1 Å². The molecule has 0 aromatic heterocycles. The van der Waals surface area contributed by atoms with Crippen LogP contribution in [-0.4, -0.2) is 63.6 Å². The van der Waals surface area contributed by atoms with Crippen molar-refractivity contribution in [1.29, 1.82) is 0 Å². The Labute approximate surface area is 219 Å². The van der Waals surface area contributed by atoms with Crippen LogP contribution in [0.4, 0.5) is 18.9 Å². The van der Waals surface area contributed by atoms with Crippen molar-refractivity contribution in [3.63, 3.8) is 0 Å². The second-order valence-electron chi connectivity index (χ2n) is 9.00. The number of anilines is 1. The Hall–Kier alpha value is -3.17. The first kappa shape index (κ1) is 27.9. The van der Waals surface area contributed by atoms with Gasteiger partial charge in [-0.2, -0.15) is 0 Å². The van der Waals surface area contributed by atoms with Crippen molar-refractivity contribution in [3.8, 4) is 5.75 Å². The van der Waals surface area contributed by atoms with Crippen molar-refractivity contribution in [2.75, 3.05) is 23.6 Å². The van der Waals surface area contributed by atoms with Gasteiger partial charge in [0.15, 0.2) is 0 Å². The topological polar surface area (TPSA) is 134 Å². The smallest absolute Gasteiger partial charge is 0.406 e. The number of piperidine rings is 1. The van der Waals surface area contributed by atoms with Crippen LogP contribution in [0.3, 0.4) is 0 Å². The van der Waals surface area contributed by atoms with E-state index >= 15 is 0 Å². The first-order valence-electron chi connectivity index (χ1n) is 11.5. The van der Waals surface area contributed by atoms with Crippen molar-refractivity contribution in [2.45, 2.75) is 38.1 Å². The number of benzene rings is 2. The second kappa shape index (κ2) is 10.5. The summed E-state index contributed by atoms with van der Waals surface area (Å²) in [7, 11) is -6.47. The first-order valence-corrected chi connectivity index (χ1v) is 14.3. The van der Waals surface area contributed by atoms with Crippen LogP contribution in [0.25, 0.3) is 0 Å². The van der Waals surface area contributed by atoms with Crippen LogP contribution in [-0.2, 0) is 32.1 Å². The van der Waals surface area contributed by atoms with Crippen molar-refractivity contribution >= 4 is 38.3 Å². The molecule has 2 aromatic rings. The minimum absolute atomic E-state index is 0.0577. The summed E-state index contributed by atoms with van der Waals surface area (Å²) in [5, 5.41) is 2.61. The SMILES string of the molecule is Cc1cc(N[SH](=O)=O)ccc1CCS(=O)(=O)N1CCC2(CC1)N=C(c1cccc(OC(F)(F)F)c1)NC2=O. The van der Waals surface area contributed by atoms with Crippen LogP contribution in [0.1, 0.15) is 29.5 Å². The summed E-state index contributed by atoms with van der Waals surface area (Å²) in [6, 6.07) is 9.95. The van der Waals surface area contributed by atoms with Crippen LogP contribution in [0.5, 0.6) is 5.75 Å². The fourth-order valence-electron chi connectivity index (χ4n) is 4.49. The van der Waals surface area contributed by atoms with Gasteiger partial charge in [-0.1, -0.05) is 18.2 Å². The molecule has 0 bridgehead atoms. The maximum absolute atomic E-state index is 13.0. The molecule has 38 heavy (non-hydrogen) atoms. The number of ether oxygens (including phenoxy) is 1. The van der Waals surface area contributed by atoms with E-state index in [4.69, 9.17) is 0 Å². The number of hydrogen-bond acceptors (Lipinski definition) is 7. The number of nitrogens with one attached hydrogen (secondary N) is 2. The number of amides is 1. The van der Waals surface area contributed by atoms with Crippen molar-refractivity contribution < 1.29 is 39.5 Å². The van der Waals surface area contributed by atoms with Crippen LogP contribution in [0.15, 0.2) is 47.5 Å². The molecular formula is C23H25F3N4O6S2. The van der Waals surface area contributed by atoms with Crippen molar-refractivity contribution in [1.82, 2.24) is 9.62 Å². The Morgan fingerprint density at radius 3 is 2.50 bits per heavy atom. The number of rotatable bonds is 8. The normalized spacial score (nSPS) is 17.9. The zero-order chi connectivity index (χ0) is 27.7. The number of carbonyl (C=O) groups is 1. The predicted molar refractivity (Wildman–Crippen MR) is 134 cm³/mol. The molecule has 2 N–H and O–H groups in total. The number of nitrogens with zero attached hydrogens (tertiary/aromatic N) is 2. The number of carbonyl (C=O) groups excluding carboxylic acids is 1. The highest BCUT2D eigenvalue weighted by Crippen LogP contribution is 2.33. The Morgan fingerprint density at radius 1 is 1.16 bits per heavy atom. The van der Waals surface area contributed by atoms with Gasteiger partial charge in [0.25, 0.3) is 5.91 Å². The molecule has 15 heteroatoms. The third kappa shape index (κ3) is 6.45. The van der Waals surface area contributed by atoms with Crippen molar-refractivity contribution in [3.05, 3.63) is 59.2 Å². The van der Waals surface area contributed by atoms with Gasteiger partial charge < -0.3 is 10.1 Å². The van der Waals surface area contributed by atoms with Crippen LogP contribution in [0.2, 0.25) is 0 Å². The highest BCUT2D eigenvalue weighted by atomic mass is 32.2. The summed E-state index contributed by atoms with van der Waals surface area (Å²) in [6.07, 6.45) is -4.41. The van der Waals surface area contributed by atoms with Gasteiger partial charge in [0.2, 0.25) is 20.9 Å².